The predicted molar refractivity (Wildman–Crippen MR) is 115 cm³/mol. The second-order valence-electron chi connectivity index (χ2n) is 7.89. The van der Waals surface area contributed by atoms with Gasteiger partial charge in [0.1, 0.15) is 11.3 Å². The highest BCUT2D eigenvalue weighted by molar-refractivity contribution is 5.99. The summed E-state index contributed by atoms with van der Waals surface area (Å²) in [6.45, 7) is 3.95. The van der Waals surface area contributed by atoms with Crippen molar-refractivity contribution in [2.75, 3.05) is 33.8 Å². The molecule has 1 aliphatic heterocycles. The van der Waals surface area contributed by atoms with Gasteiger partial charge in [-0.2, -0.15) is 0 Å². The second kappa shape index (κ2) is 8.32. The van der Waals surface area contributed by atoms with E-state index in [0.29, 0.717) is 29.7 Å². The van der Waals surface area contributed by atoms with Crippen LogP contribution in [0.15, 0.2) is 57.7 Å². The fraction of sp³-hybridized carbons (Fsp3) is 0.333. The zero-order valence-corrected chi connectivity index (χ0v) is 17.6. The minimum atomic E-state index is -0.481. The van der Waals surface area contributed by atoms with Gasteiger partial charge >= 0.3 is 0 Å². The molecule has 0 radical (unpaired) electrons. The SMILES string of the molecule is CCOc1cccc([C@@H]2c3c(oc4ccccc4c3=O)C(=O)N2CCC[NH+](C)C)c1. The van der Waals surface area contributed by atoms with Crippen LogP contribution >= 0.6 is 0 Å². The van der Waals surface area contributed by atoms with Crippen molar-refractivity contribution in [2.45, 2.75) is 19.4 Å². The lowest BCUT2D eigenvalue weighted by Gasteiger charge is -2.25. The van der Waals surface area contributed by atoms with Crippen LogP contribution in [-0.2, 0) is 0 Å². The van der Waals surface area contributed by atoms with Crippen LogP contribution in [0.3, 0.4) is 0 Å². The topological polar surface area (TPSA) is 64.2 Å². The van der Waals surface area contributed by atoms with Gasteiger partial charge in [-0.3, -0.25) is 9.59 Å². The Bertz CT molecular complexity index is 1140. The summed E-state index contributed by atoms with van der Waals surface area (Å²) in [5.41, 5.74) is 1.57. The van der Waals surface area contributed by atoms with Crippen molar-refractivity contribution in [3.8, 4) is 5.75 Å². The maximum atomic E-state index is 13.4. The largest absolute Gasteiger partial charge is 0.494 e. The van der Waals surface area contributed by atoms with Gasteiger partial charge in [0.25, 0.3) is 5.91 Å². The lowest BCUT2D eigenvalue weighted by molar-refractivity contribution is -0.858. The molecule has 0 bridgehead atoms. The number of carbonyl (C=O) groups is 1. The average molecular weight is 407 g/mol. The first-order valence-electron chi connectivity index (χ1n) is 10.4. The summed E-state index contributed by atoms with van der Waals surface area (Å²) >= 11 is 0. The van der Waals surface area contributed by atoms with Crippen LogP contribution in [0.4, 0.5) is 0 Å². The van der Waals surface area contributed by atoms with Gasteiger partial charge in [0.05, 0.1) is 44.2 Å². The molecule has 156 valence electrons. The number of benzene rings is 2. The molecule has 0 unspecified atom stereocenters. The van der Waals surface area contributed by atoms with E-state index in [1.165, 1.54) is 4.90 Å². The van der Waals surface area contributed by atoms with Crippen molar-refractivity contribution in [3.05, 3.63) is 75.6 Å². The molecule has 0 saturated carbocycles. The van der Waals surface area contributed by atoms with E-state index in [-0.39, 0.29) is 17.1 Å². The highest BCUT2D eigenvalue weighted by atomic mass is 16.5. The summed E-state index contributed by atoms with van der Waals surface area (Å²) in [7, 11) is 4.17. The Morgan fingerprint density at radius 3 is 2.67 bits per heavy atom. The summed E-state index contributed by atoms with van der Waals surface area (Å²) in [6, 6.07) is 14.2. The smallest absolute Gasteiger partial charge is 0.290 e. The van der Waals surface area contributed by atoms with Gasteiger partial charge in [0, 0.05) is 13.0 Å². The molecule has 0 fully saturated rings. The lowest BCUT2D eigenvalue weighted by atomic mass is 9.98. The number of amides is 1. The van der Waals surface area contributed by atoms with E-state index in [9.17, 15) is 9.59 Å². The molecule has 6 heteroatoms. The molecular weight excluding hydrogens is 380 g/mol. The summed E-state index contributed by atoms with van der Waals surface area (Å²) in [5, 5.41) is 0.495. The Morgan fingerprint density at radius 2 is 1.90 bits per heavy atom. The Labute approximate surface area is 175 Å². The van der Waals surface area contributed by atoms with Crippen LogP contribution in [0.2, 0.25) is 0 Å². The number of fused-ring (bicyclic) bond motifs is 2. The predicted octanol–water partition coefficient (Wildman–Crippen LogP) is 2.27. The van der Waals surface area contributed by atoms with Crippen LogP contribution in [-0.4, -0.2) is 44.6 Å². The molecule has 2 aromatic carbocycles. The molecule has 2 heterocycles. The van der Waals surface area contributed by atoms with Gasteiger partial charge in [0.15, 0.2) is 5.43 Å². The number of hydrogen-bond donors (Lipinski definition) is 1. The monoisotopic (exact) mass is 407 g/mol. The van der Waals surface area contributed by atoms with Crippen molar-refractivity contribution >= 4 is 16.9 Å². The summed E-state index contributed by atoms with van der Waals surface area (Å²) in [6.07, 6.45) is 0.831. The number of rotatable bonds is 7. The first-order valence-corrected chi connectivity index (χ1v) is 10.4. The molecule has 3 aromatic rings. The van der Waals surface area contributed by atoms with Gasteiger partial charge in [-0.25, -0.2) is 0 Å². The normalized spacial score (nSPS) is 15.8. The fourth-order valence-electron chi connectivity index (χ4n) is 4.09. The van der Waals surface area contributed by atoms with Crippen molar-refractivity contribution < 1.29 is 18.8 Å². The molecule has 1 amide bonds. The van der Waals surface area contributed by atoms with Crippen LogP contribution in [0, 0.1) is 0 Å². The minimum absolute atomic E-state index is 0.146. The maximum absolute atomic E-state index is 13.4. The first-order chi connectivity index (χ1) is 14.5. The fourth-order valence-corrected chi connectivity index (χ4v) is 4.09. The highest BCUT2D eigenvalue weighted by Gasteiger charge is 2.42. The summed E-state index contributed by atoms with van der Waals surface area (Å²) in [5.74, 6) is 0.648. The Morgan fingerprint density at radius 1 is 1.10 bits per heavy atom. The Hall–Kier alpha value is -3.12. The number of ether oxygens (including phenoxy) is 1. The molecule has 0 aliphatic carbocycles. The Kier molecular flexibility index (Phi) is 5.59. The first kappa shape index (κ1) is 20.2. The van der Waals surface area contributed by atoms with Crippen molar-refractivity contribution in [1.29, 1.82) is 0 Å². The maximum Gasteiger partial charge on any atom is 0.290 e. The van der Waals surface area contributed by atoms with Crippen LogP contribution in [0.1, 0.15) is 41.1 Å². The van der Waals surface area contributed by atoms with E-state index >= 15 is 0 Å². The zero-order valence-electron chi connectivity index (χ0n) is 17.6. The van der Waals surface area contributed by atoms with Gasteiger partial charge < -0.3 is 19.0 Å². The third kappa shape index (κ3) is 3.59. The highest BCUT2D eigenvalue weighted by Crippen LogP contribution is 2.39. The van der Waals surface area contributed by atoms with Crippen molar-refractivity contribution in [2.24, 2.45) is 0 Å². The van der Waals surface area contributed by atoms with Gasteiger partial charge in [-0.05, 0) is 36.8 Å². The molecule has 0 spiro atoms. The van der Waals surface area contributed by atoms with Gasteiger partial charge in [-0.1, -0.05) is 24.3 Å². The second-order valence-corrected chi connectivity index (χ2v) is 7.89. The molecule has 30 heavy (non-hydrogen) atoms. The van der Waals surface area contributed by atoms with E-state index < -0.39 is 6.04 Å². The summed E-state index contributed by atoms with van der Waals surface area (Å²) in [4.78, 5) is 29.8. The number of quaternary nitrogens is 1. The van der Waals surface area contributed by atoms with E-state index in [0.717, 1.165) is 24.3 Å². The summed E-state index contributed by atoms with van der Waals surface area (Å²) < 4.78 is 11.6. The molecule has 4 rings (SSSR count). The van der Waals surface area contributed by atoms with Gasteiger partial charge in [0.2, 0.25) is 5.76 Å². The van der Waals surface area contributed by atoms with E-state index in [1.807, 2.05) is 37.3 Å². The quantitative estimate of drug-likeness (QED) is 0.653. The van der Waals surface area contributed by atoms with Crippen LogP contribution in [0.25, 0.3) is 11.0 Å². The van der Waals surface area contributed by atoms with Gasteiger partial charge in [-0.15, -0.1) is 0 Å². The zero-order chi connectivity index (χ0) is 21.3. The Balaban J connectivity index is 1.85. The van der Waals surface area contributed by atoms with Crippen molar-refractivity contribution in [3.63, 3.8) is 0 Å². The number of para-hydroxylation sites is 1. The molecule has 6 nitrogen and oxygen atoms in total. The molecule has 1 N–H and O–H groups in total. The third-order valence-corrected chi connectivity index (χ3v) is 5.43. The van der Waals surface area contributed by atoms with Crippen LogP contribution in [0.5, 0.6) is 5.75 Å². The molecule has 1 atom stereocenters. The number of hydrogen-bond acceptors (Lipinski definition) is 4. The van der Waals surface area contributed by atoms with Crippen LogP contribution < -0.4 is 15.1 Å². The number of nitrogens with one attached hydrogen (secondary N) is 1. The van der Waals surface area contributed by atoms with E-state index in [1.54, 1.807) is 23.1 Å². The molecule has 1 aromatic heterocycles. The van der Waals surface area contributed by atoms with Crippen molar-refractivity contribution in [1.82, 2.24) is 4.90 Å². The average Bonchev–Trinajstić information content (AvgIpc) is 3.01. The number of nitrogens with zero attached hydrogens (tertiary/aromatic N) is 1. The lowest BCUT2D eigenvalue weighted by Crippen LogP contribution is -3.05. The minimum Gasteiger partial charge on any atom is -0.494 e. The molecule has 1 aliphatic rings. The standard InChI is InChI=1S/C24H26N2O4/c1-4-29-17-10-7-9-16(15-17)21-20-22(27)18-11-5-6-12-19(18)30-23(20)24(28)26(21)14-8-13-25(2)3/h5-7,9-12,15,21H,4,8,13-14H2,1-3H3/p+1/t21-/m1/s1. The van der Waals surface area contributed by atoms with E-state index in [4.69, 9.17) is 9.15 Å². The molecule has 0 saturated heterocycles. The van der Waals surface area contributed by atoms with E-state index in [2.05, 4.69) is 14.1 Å². The number of carbonyl (C=O) groups excluding carboxylic acids is 1. The third-order valence-electron chi connectivity index (χ3n) is 5.43. The molecular formula is C24H27N2O4+.